The number of rotatable bonds is 12. The van der Waals surface area contributed by atoms with Crippen LogP contribution in [0.3, 0.4) is 0 Å². The standard InChI is InChI=1S/C24H29N3O7/c1-16-10-22(27(26-16)13-17-6-8-18(31-4)9-7-17)25-20-11-19(33-14-29-2)12-21(34-15-30-3)23(20)24(28)32-5/h6-12,25H,13-15H2,1-5H3. The number of esters is 1. The molecule has 1 heterocycles. The van der Waals surface area contributed by atoms with E-state index in [1.807, 2.05) is 37.3 Å². The lowest BCUT2D eigenvalue weighted by molar-refractivity contribution is 0.0436. The summed E-state index contributed by atoms with van der Waals surface area (Å²) in [6.07, 6.45) is 0. The molecule has 0 radical (unpaired) electrons. The molecule has 10 nitrogen and oxygen atoms in total. The second-order valence-corrected chi connectivity index (χ2v) is 7.24. The van der Waals surface area contributed by atoms with Crippen molar-refractivity contribution in [2.24, 2.45) is 0 Å². The van der Waals surface area contributed by atoms with E-state index in [0.29, 0.717) is 23.8 Å². The van der Waals surface area contributed by atoms with Gasteiger partial charge in [0.2, 0.25) is 0 Å². The van der Waals surface area contributed by atoms with E-state index in [1.165, 1.54) is 21.3 Å². The summed E-state index contributed by atoms with van der Waals surface area (Å²) < 4.78 is 33.3. The zero-order valence-corrected chi connectivity index (χ0v) is 19.9. The molecule has 3 aromatic rings. The first-order chi connectivity index (χ1) is 16.5. The van der Waals surface area contributed by atoms with E-state index in [9.17, 15) is 4.79 Å². The Morgan fingerprint density at radius 3 is 2.29 bits per heavy atom. The molecule has 1 aromatic heterocycles. The Morgan fingerprint density at radius 1 is 0.941 bits per heavy atom. The number of nitrogens with one attached hydrogen (secondary N) is 1. The Balaban J connectivity index is 2.00. The van der Waals surface area contributed by atoms with Crippen molar-refractivity contribution in [2.45, 2.75) is 13.5 Å². The summed E-state index contributed by atoms with van der Waals surface area (Å²) in [5.74, 6) is 1.53. The molecule has 0 atom stereocenters. The molecule has 0 aliphatic carbocycles. The smallest absolute Gasteiger partial charge is 0.343 e. The van der Waals surface area contributed by atoms with Crippen LogP contribution in [0.25, 0.3) is 0 Å². The summed E-state index contributed by atoms with van der Waals surface area (Å²) in [7, 11) is 5.94. The Morgan fingerprint density at radius 2 is 1.65 bits per heavy atom. The molecule has 0 aliphatic rings. The van der Waals surface area contributed by atoms with Crippen LogP contribution in [0.15, 0.2) is 42.5 Å². The van der Waals surface area contributed by atoms with Crippen molar-refractivity contribution in [1.29, 1.82) is 0 Å². The van der Waals surface area contributed by atoms with Crippen molar-refractivity contribution in [1.82, 2.24) is 9.78 Å². The number of hydrogen-bond acceptors (Lipinski definition) is 9. The quantitative estimate of drug-likeness (QED) is 0.313. The third-order valence-electron chi connectivity index (χ3n) is 4.80. The number of aromatic nitrogens is 2. The molecule has 0 saturated carbocycles. The Hall–Kier alpha value is -3.76. The van der Waals surface area contributed by atoms with Gasteiger partial charge in [0.1, 0.15) is 28.6 Å². The minimum atomic E-state index is -0.579. The number of aryl methyl sites for hydroxylation is 1. The predicted molar refractivity (Wildman–Crippen MR) is 125 cm³/mol. The lowest BCUT2D eigenvalue weighted by atomic mass is 10.1. The Labute approximate surface area is 198 Å². The lowest BCUT2D eigenvalue weighted by Gasteiger charge is -2.18. The van der Waals surface area contributed by atoms with Gasteiger partial charge in [-0.05, 0) is 24.6 Å². The molecule has 0 spiro atoms. The van der Waals surface area contributed by atoms with Crippen molar-refractivity contribution in [3.8, 4) is 17.2 Å². The molecule has 0 fully saturated rings. The third-order valence-corrected chi connectivity index (χ3v) is 4.80. The van der Waals surface area contributed by atoms with Crippen LogP contribution in [0.1, 0.15) is 21.6 Å². The first-order valence-corrected chi connectivity index (χ1v) is 10.4. The van der Waals surface area contributed by atoms with Gasteiger partial charge in [-0.3, -0.25) is 0 Å². The number of methoxy groups -OCH3 is 4. The monoisotopic (exact) mass is 471 g/mol. The largest absolute Gasteiger partial charge is 0.497 e. The van der Waals surface area contributed by atoms with Crippen LogP contribution in [0.2, 0.25) is 0 Å². The third kappa shape index (κ3) is 6.18. The molecular formula is C24H29N3O7. The molecule has 2 aromatic carbocycles. The summed E-state index contributed by atoms with van der Waals surface area (Å²) >= 11 is 0. The summed E-state index contributed by atoms with van der Waals surface area (Å²) in [5.41, 5.74) is 2.45. The summed E-state index contributed by atoms with van der Waals surface area (Å²) in [6, 6.07) is 12.8. The van der Waals surface area contributed by atoms with Gasteiger partial charge in [0.25, 0.3) is 0 Å². The SMILES string of the molecule is COCOc1cc(Nc2cc(C)nn2Cc2ccc(OC)cc2)c(C(=O)OC)c(OCOC)c1. The van der Waals surface area contributed by atoms with E-state index >= 15 is 0 Å². The highest BCUT2D eigenvalue weighted by Gasteiger charge is 2.22. The number of carbonyl (C=O) groups excluding carboxylic acids is 1. The van der Waals surface area contributed by atoms with Crippen molar-refractivity contribution < 1.29 is 33.2 Å². The van der Waals surface area contributed by atoms with Crippen LogP contribution in [0, 0.1) is 6.92 Å². The fraction of sp³-hybridized carbons (Fsp3) is 0.333. The van der Waals surface area contributed by atoms with Crippen molar-refractivity contribution >= 4 is 17.5 Å². The highest BCUT2D eigenvalue weighted by atomic mass is 16.7. The van der Waals surface area contributed by atoms with Crippen LogP contribution in [0.4, 0.5) is 11.5 Å². The van der Waals surface area contributed by atoms with Crippen LogP contribution < -0.4 is 19.5 Å². The van der Waals surface area contributed by atoms with E-state index in [1.54, 1.807) is 23.9 Å². The molecule has 182 valence electrons. The van der Waals surface area contributed by atoms with Gasteiger partial charge in [0.05, 0.1) is 32.1 Å². The first kappa shape index (κ1) is 24.9. The minimum absolute atomic E-state index is 0.0231. The van der Waals surface area contributed by atoms with Gasteiger partial charge in [0, 0.05) is 32.4 Å². The summed E-state index contributed by atoms with van der Waals surface area (Å²) in [5, 5.41) is 7.87. The van der Waals surface area contributed by atoms with Crippen molar-refractivity contribution in [3.63, 3.8) is 0 Å². The second kappa shape index (κ2) is 11.9. The second-order valence-electron chi connectivity index (χ2n) is 7.24. The number of ether oxygens (including phenoxy) is 6. The van der Waals surface area contributed by atoms with Crippen LogP contribution in [-0.4, -0.2) is 57.8 Å². The highest BCUT2D eigenvalue weighted by molar-refractivity contribution is 6.00. The molecule has 34 heavy (non-hydrogen) atoms. The van der Waals surface area contributed by atoms with E-state index in [0.717, 1.165) is 17.0 Å². The normalized spacial score (nSPS) is 10.6. The highest BCUT2D eigenvalue weighted by Crippen LogP contribution is 2.35. The fourth-order valence-electron chi connectivity index (χ4n) is 3.26. The van der Waals surface area contributed by atoms with Gasteiger partial charge in [-0.2, -0.15) is 5.10 Å². The molecule has 0 unspecified atom stereocenters. The molecule has 1 N–H and O–H groups in total. The van der Waals surface area contributed by atoms with Gasteiger partial charge in [-0.15, -0.1) is 0 Å². The maximum atomic E-state index is 12.7. The van der Waals surface area contributed by atoms with Crippen LogP contribution in [0.5, 0.6) is 17.2 Å². The number of hydrogen-bond donors (Lipinski definition) is 1. The zero-order chi connectivity index (χ0) is 24.5. The van der Waals surface area contributed by atoms with E-state index in [-0.39, 0.29) is 24.9 Å². The van der Waals surface area contributed by atoms with Gasteiger partial charge in [-0.25, -0.2) is 9.48 Å². The average molecular weight is 472 g/mol. The van der Waals surface area contributed by atoms with Gasteiger partial charge < -0.3 is 33.7 Å². The molecule has 0 aliphatic heterocycles. The van der Waals surface area contributed by atoms with E-state index < -0.39 is 5.97 Å². The van der Waals surface area contributed by atoms with E-state index in [2.05, 4.69) is 10.4 Å². The maximum absolute atomic E-state index is 12.7. The van der Waals surface area contributed by atoms with Gasteiger partial charge in [0.15, 0.2) is 13.6 Å². The van der Waals surface area contributed by atoms with Crippen LogP contribution in [-0.2, 0) is 20.8 Å². The molecule has 3 rings (SSSR count). The number of carbonyl (C=O) groups is 1. The zero-order valence-electron chi connectivity index (χ0n) is 19.9. The number of benzene rings is 2. The van der Waals surface area contributed by atoms with Crippen molar-refractivity contribution in [3.05, 3.63) is 59.3 Å². The van der Waals surface area contributed by atoms with Crippen molar-refractivity contribution in [2.75, 3.05) is 47.3 Å². The number of anilines is 2. The molecule has 0 amide bonds. The van der Waals surface area contributed by atoms with Gasteiger partial charge >= 0.3 is 5.97 Å². The molecule has 0 saturated heterocycles. The lowest BCUT2D eigenvalue weighted by Crippen LogP contribution is -2.13. The Kier molecular flexibility index (Phi) is 8.72. The van der Waals surface area contributed by atoms with E-state index in [4.69, 9.17) is 28.4 Å². The molecular weight excluding hydrogens is 442 g/mol. The first-order valence-electron chi connectivity index (χ1n) is 10.4. The van der Waals surface area contributed by atoms with Crippen LogP contribution >= 0.6 is 0 Å². The fourth-order valence-corrected chi connectivity index (χ4v) is 3.26. The molecule has 10 heteroatoms. The average Bonchev–Trinajstić information content (AvgIpc) is 3.19. The minimum Gasteiger partial charge on any atom is -0.497 e. The van der Waals surface area contributed by atoms with Gasteiger partial charge in [-0.1, -0.05) is 12.1 Å². The molecule has 0 bridgehead atoms. The summed E-state index contributed by atoms with van der Waals surface area (Å²) in [4.78, 5) is 12.7. The summed E-state index contributed by atoms with van der Waals surface area (Å²) in [6.45, 7) is 2.35. The predicted octanol–water partition coefficient (Wildman–Crippen LogP) is 3.74. The Bertz CT molecular complexity index is 1100. The maximum Gasteiger partial charge on any atom is 0.343 e. The topological polar surface area (TPSA) is 102 Å². The number of nitrogens with zero attached hydrogens (tertiary/aromatic N) is 2.